The molecule has 0 aromatic rings. The number of nitrogens with zero attached hydrogens (tertiary/aromatic N) is 1. The summed E-state index contributed by atoms with van der Waals surface area (Å²) in [4.78, 5) is 13.8. The largest absolute Gasteiger partial charge is 0.376 e. The van der Waals surface area contributed by atoms with E-state index in [1.807, 2.05) is 4.90 Å². The smallest absolute Gasteiger partial charge is 0.225 e. The van der Waals surface area contributed by atoms with Crippen LogP contribution in [-0.2, 0) is 9.53 Å². The highest BCUT2D eigenvalue weighted by Gasteiger charge is 2.40. The van der Waals surface area contributed by atoms with Crippen LogP contribution < -0.4 is 0 Å². The lowest BCUT2D eigenvalue weighted by atomic mass is 10.00. The summed E-state index contributed by atoms with van der Waals surface area (Å²) >= 11 is 0. The fraction of sp³-hybridized carbons (Fsp3) is 0.900. The summed E-state index contributed by atoms with van der Waals surface area (Å²) in [5, 5.41) is 0. The number of ether oxygens (including phenoxy) is 1. The molecule has 0 spiro atoms. The number of fused-ring (bicyclic) bond motifs is 2. The van der Waals surface area contributed by atoms with Crippen molar-refractivity contribution in [3.8, 4) is 0 Å². The number of carbonyl (C=O) groups excluding carboxylic acids is 1. The van der Waals surface area contributed by atoms with Gasteiger partial charge in [0, 0.05) is 24.9 Å². The van der Waals surface area contributed by atoms with Gasteiger partial charge in [0.25, 0.3) is 0 Å². The minimum atomic E-state index is 0.349. The minimum absolute atomic E-state index is 0.349. The van der Waals surface area contributed by atoms with Crippen LogP contribution in [0.15, 0.2) is 0 Å². The summed E-state index contributed by atoms with van der Waals surface area (Å²) in [5.74, 6) is 1.39. The van der Waals surface area contributed by atoms with Crippen LogP contribution in [0.1, 0.15) is 19.3 Å². The molecule has 3 rings (SSSR count). The first-order valence-corrected chi connectivity index (χ1v) is 5.23. The van der Waals surface area contributed by atoms with Crippen molar-refractivity contribution >= 4 is 5.91 Å². The molecule has 0 N–H and O–H groups in total. The Labute approximate surface area is 78.0 Å². The first-order chi connectivity index (χ1) is 6.33. The number of rotatable bonds is 1. The van der Waals surface area contributed by atoms with Gasteiger partial charge in [-0.3, -0.25) is 4.79 Å². The quantitative estimate of drug-likeness (QED) is 0.594. The van der Waals surface area contributed by atoms with E-state index in [0.29, 0.717) is 23.8 Å². The number of carbonyl (C=O) groups is 1. The fourth-order valence-electron chi connectivity index (χ4n) is 2.43. The van der Waals surface area contributed by atoms with Crippen LogP contribution in [-0.4, -0.2) is 36.6 Å². The summed E-state index contributed by atoms with van der Waals surface area (Å²) < 4.78 is 5.56. The molecule has 72 valence electrons. The number of hydrogen-bond acceptors (Lipinski definition) is 2. The second kappa shape index (κ2) is 2.71. The van der Waals surface area contributed by atoms with Gasteiger partial charge in [0.05, 0.1) is 12.7 Å². The molecule has 2 bridgehead atoms. The van der Waals surface area contributed by atoms with E-state index in [4.69, 9.17) is 4.74 Å². The molecule has 2 saturated heterocycles. The molecule has 3 nitrogen and oxygen atoms in total. The Balaban J connectivity index is 1.68. The van der Waals surface area contributed by atoms with E-state index in [1.54, 1.807) is 0 Å². The molecule has 2 aliphatic heterocycles. The zero-order valence-corrected chi connectivity index (χ0v) is 7.74. The van der Waals surface area contributed by atoms with Crippen LogP contribution in [0, 0.1) is 11.8 Å². The molecule has 3 fully saturated rings. The minimum Gasteiger partial charge on any atom is -0.376 e. The Morgan fingerprint density at radius 1 is 1.31 bits per heavy atom. The lowest BCUT2D eigenvalue weighted by Gasteiger charge is -2.30. The van der Waals surface area contributed by atoms with Gasteiger partial charge in [-0.15, -0.1) is 0 Å². The molecular weight excluding hydrogens is 166 g/mol. The third kappa shape index (κ3) is 1.35. The van der Waals surface area contributed by atoms with Crippen molar-refractivity contribution in [1.29, 1.82) is 0 Å². The molecule has 2 heterocycles. The Hall–Kier alpha value is -0.570. The SMILES string of the molecule is O=C(C1CC1)N1CC2COC(C2)C1. The second-order valence-electron chi connectivity index (χ2n) is 4.57. The van der Waals surface area contributed by atoms with Crippen molar-refractivity contribution in [2.75, 3.05) is 19.7 Å². The highest BCUT2D eigenvalue weighted by Crippen LogP contribution is 2.34. The summed E-state index contributed by atoms with van der Waals surface area (Å²) in [6.07, 6.45) is 3.76. The van der Waals surface area contributed by atoms with Crippen LogP contribution in [0.3, 0.4) is 0 Å². The van der Waals surface area contributed by atoms with Gasteiger partial charge >= 0.3 is 0 Å². The molecule has 3 heteroatoms. The highest BCUT2D eigenvalue weighted by molar-refractivity contribution is 5.81. The van der Waals surface area contributed by atoms with Crippen LogP contribution in [0.4, 0.5) is 0 Å². The number of hydrogen-bond donors (Lipinski definition) is 0. The average Bonchev–Trinajstić information content (AvgIpc) is 2.92. The van der Waals surface area contributed by atoms with Crippen molar-refractivity contribution in [3.05, 3.63) is 0 Å². The first kappa shape index (κ1) is 7.80. The maximum Gasteiger partial charge on any atom is 0.225 e. The standard InChI is InChI=1S/C10H15NO2/c12-10(8-1-2-8)11-4-7-3-9(5-11)13-6-7/h7-9H,1-6H2. The topological polar surface area (TPSA) is 29.5 Å². The molecule has 3 aliphatic rings. The molecule has 2 atom stereocenters. The molecule has 0 radical (unpaired) electrons. The lowest BCUT2D eigenvalue weighted by molar-refractivity contribution is -0.134. The molecule has 0 aromatic carbocycles. The molecule has 1 saturated carbocycles. The van der Waals surface area contributed by atoms with Gasteiger partial charge in [0.2, 0.25) is 5.91 Å². The van der Waals surface area contributed by atoms with E-state index in [-0.39, 0.29) is 0 Å². The summed E-state index contributed by atoms with van der Waals surface area (Å²) in [6, 6.07) is 0. The van der Waals surface area contributed by atoms with Crippen LogP contribution in [0.5, 0.6) is 0 Å². The summed E-state index contributed by atoms with van der Waals surface area (Å²) in [6.45, 7) is 2.68. The molecule has 2 unspecified atom stereocenters. The van der Waals surface area contributed by atoms with Gasteiger partial charge in [-0.25, -0.2) is 0 Å². The van der Waals surface area contributed by atoms with Gasteiger partial charge < -0.3 is 9.64 Å². The van der Waals surface area contributed by atoms with Crippen molar-refractivity contribution in [1.82, 2.24) is 4.90 Å². The highest BCUT2D eigenvalue weighted by atomic mass is 16.5. The zero-order chi connectivity index (χ0) is 8.84. The Kier molecular flexibility index (Phi) is 1.62. The summed E-state index contributed by atoms with van der Waals surface area (Å²) in [5.41, 5.74) is 0. The van der Waals surface area contributed by atoms with Crippen molar-refractivity contribution in [2.45, 2.75) is 25.4 Å². The maximum atomic E-state index is 11.7. The van der Waals surface area contributed by atoms with Gasteiger partial charge in [-0.2, -0.15) is 0 Å². The van der Waals surface area contributed by atoms with Gasteiger partial charge in [-0.05, 0) is 19.3 Å². The molecule has 13 heavy (non-hydrogen) atoms. The van der Waals surface area contributed by atoms with Crippen molar-refractivity contribution in [2.24, 2.45) is 11.8 Å². The predicted molar refractivity (Wildman–Crippen MR) is 47.2 cm³/mol. The van der Waals surface area contributed by atoms with E-state index in [0.717, 1.165) is 32.5 Å². The predicted octanol–water partition coefficient (Wildman–Crippen LogP) is 0.644. The zero-order valence-electron chi connectivity index (χ0n) is 7.74. The fourth-order valence-corrected chi connectivity index (χ4v) is 2.43. The van der Waals surface area contributed by atoms with E-state index in [9.17, 15) is 4.79 Å². The van der Waals surface area contributed by atoms with E-state index < -0.39 is 0 Å². The first-order valence-electron chi connectivity index (χ1n) is 5.23. The molecular formula is C10H15NO2. The monoisotopic (exact) mass is 181 g/mol. The van der Waals surface area contributed by atoms with Crippen LogP contribution in [0.2, 0.25) is 0 Å². The van der Waals surface area contributed by atoms with E-state index in [2.05, 4.69) is 0 Å². The summed E-state index contributed by atoms with van der Waals surface area (Å²) in [7, 11) is 0. The van der Waals surface area contributed by atoms with Crippen molar-refractivity contribution in [3.63, 3.8) is 0 Å². The van der Waals surface area contributed by atoms with Crippen LogP contribution >= 0.6 is 0 Å². The Morgan fingerprint density at radius 3 is 2.85 bits per heavy atom. The molecule has 0 aromatic heterocycles. The third-order valence-corrected chi connectivity index (χ3v) is 3.30. The van der Waals surface area contributed by atoms with Crippen molar-refractivity contribution < 1.29 is 9.53 Å². The van der Waals surface area contributed by atoms with Gasteiger partial charge in [0.1, 0.15) is 0 Å². The number of likely N-dealkylation sites (tertiary alicyclic amines) is 1. The molecule has 1 aliphatic carbocycles. The van der Waals surface area contributed by atoms with E-state index in [1.165, 1.54) is 6.42 Å². The number of piperidine rings is 1. The molecule has 1 amide bonds. The third-order valence-electron chi connectivity index (χ3n) is 3.30. The Bertz CT molecular complexity index is 225. The maximum absolute atomic E-state index is 11.7. The number of amides is 1. The average molecular weight is 181 g/mol. The van der Waals surface area contributed by atoms with Crippen LogP contribution in [0.25, 0.3) is 0 Å². The normalized spacial score (nSPS) is 38.0. The lowest BCUT2D eigenvalue weighted by Crippen LogP contribution is -2.43. The van der Waals surface area contributed by atoms with Gasteiger partial charge in [-0.1, -0.05) is 0 Å². The van der Waals surface area contributed by atoms with E-state index >= 15 is 0 Å². The Morgan fingerprint density at radius 2 is 2.15 bits per heavy atom. The second-order valence-corrected chi connectivity index (χ2v) is 4.57. The van der Waals surface area contributed by atoms with Gasteiger partial charge in [0.15, 0.2) is 0 Å².